The number of carbonyl (C=O) groups excluding carboxylic acids is 1. The van der Waals surface area contributed by atoms with Crippen LogP contribution in [0.3, 0.4) is 0 Å². The van der Waals surface area contributed by atoms with Crippen LogP contribution in [-0.4, -0.2) is 41.7 Å². The summed E-state index contributed by atoms with van der Waals surface area (Å²) in [6.07, 6.45) is 0. The Hall–Kier alpha value is -1.55. The number of hydrogen-bond donors (Lipinski definition) is 1. The highest BCUT2D eigenvalue weighted by molar-refractivity contribution is 5.77. The van der Waals surface area contributed by atoms with Crippen LogP contribution in [0.25, 0.3) is 0 Å². The topological polar surface area (TPSA) is 49.8 Å². The molecule has 0 fully saturated rings. The van der Waals surface area contributed by atoms with Crippen molar-refractivity contribution in [3.8, 4) is 5.75 Å². The maximum absolute atomic E-state index is 12.0. The van der Waals surface area contributed by atoms with E-state index >= 15 is 0 Å². The molecule has 0 aliphatic heterocycles. The Labute approximate surface area is 127 Å². The molecule has 0 atom stereocenters. The summed E-state index contributed by atoms with van der Waals surface area (Å²) in [6, 6.07) is 6.05. The molecule has 1 aromatic carbocycles. The van der Waals surface area contributed by atoms with E-state index in [1.807, 2.05) is 25.1 Å². The highest BCUT2D eigenvalue weighted by Crippen LogP contribution is 2.27. The first-order chi connectivity index (χ1) is 9.60. The van der Waals surface area contributed by atoms with E-state index < -0.39 is 5.60 Å². The second kappa shape index (κ2) is 6.94. The van der Waals surface area contributed by atoms with Crippen LogP contribution < -0.4 is 4.74 Å². The third-order valence-electron chi connectivity index (χ3n) is 3.19. The lowest BCUT2D eigenvalue weighted by molar-refractivity contribution is -0.134. The third kappa shape index (κ3) is 5.76. The maximum atomic E-state index is 12.0. The molecule has 4 nitrogen and oxygen atoms in total. The number of aryl methyl sites for hydroxylation is 1. The van der Waals surface area contributed by atoms with Gasteiger partial charge in [0.15, 0.2) is 6.61 Å². The number of carbonyl (C=O) groups is 1. The fourth-order valence-corrected chi connectivity index (χ4v) is 2.16. The zero-order chi connectivity index (χ0) is 16.2. The molecular weight excluding hydrogens is 266 g/mol. The molecule has 1 N–H and O–H groups in total. The van der Waals surface area contributed by atoms with Crippen molar-refractivity contribution in [2.45, 2.75) is 46.1 Å². The minimum absolute atomic E-state index is 0.0181. The van der Waals surface area contributed by atoms with Crippen molar-refractivity contribution in [1.29, 1.82) is 0 Å². The lowest BCUT2D eigenvalue weighted by atomic mass is 10.0. The normalized spacial score (nSPS) is 11.6. The molecule has 0 aromatic heterocycles. The largest absolute Gasteiger partial charge is 0.483 e. The van der Waals surface area contributed by atoms with Crippen LogP contribution in [0.4, 0.5) is 0 Å². The molecular formula is C17H27NO3. The molecule has 1 rings (SSSR count). The minimum atomic E-state index is -0.906. The molecule has 21 heavy (non-hydrogen) atoms. The zero-order valence-electron chi connectivity index (χ0n) is 13.9. The van der Waals surface area contributed by atoms with Crippen LogP contribution >= 0.6 is 0 Å². The van der Waals surface area contributed by atoms with E-state index in [4.69, 9.17) is 4.74 Å². The summed E-state index contributed by atoms with van der Waals surface area (Å²) < 4.78 is 5.70. The summed E-state index contributed by atoms with van der Waals surface area (Å²) in [7, 11) is 1.67. The van der Waals surface area contributed by atoms with E-state index in [1.165, 1.54) is 4.90 Å². The predicted molar refractivity (Wildman–Crippen MR) is 84.7 cm³/mol. The maximum Gasteiger partial charge on any atom is 0.260 e. The Morgan fingerprint density at radius 1 is 1.38 bits per heavy atom. The number of amides is 1. The molecule has 118 valence electrons. The van der Waals surface area contributed by atoms with Gasteiger partial charge in [0.05, 0.1) is 5.60 Å². The van der Waals surface area contributed by atoms with E-state index in [9.17, 15) is 9.90 Å². The first-order valence-electron chi connectivity index (χ1n) is 7.30. The third-order valence-corrected chi connectivity index (χ3v) is 3.19. The molecule has 1 aromatic rings. The minimum Gasteiger partial charge on any atom is -0.483 e. The van der Waals surface area contributed by atoms with Gasteiger partial charge in [-0.15, -0.1) is 0 Å². The Morgan fingerprint density at radius 2 is 2.00 bits per heavy atom. The van der Waals surface area contributed by atoms with Crippen molar-refractivity contribution >= 4 is 5.91 Å². The van der Waals surface area contributed by atoms with Gasteiger partial charge in [0, 0.05) is 13.6 Å². The molecule has 0 radical (unpaired) electrons. The predicted octanol–water partition coefficient (Wildman–Crippen LogP) is 2.73. The SMILES string of the molecule is Cc1ccc(C(C)C)c(OCC(=O)N(C)CC(C)(C)O)c1. The molecule has 0 spiro atoms. The summed E-state index contributed by atoms with van der Waals surface area (Å²) >= 11 is 0. The van der Waals surface area contributed by atoms with Gasteiger partial charge in [-0.05, 0) is 43.9 Å². The average Bonchev–Trinajstić information content (AvgIpc) is 2.33. The first kappa shape index (κ1) is 17.5. The van der Waals surface area contributed by atoms with Gasteiger partial charge in [-0.1, -0.05) is 26.0 Å². The van der Waals surface area contributed by atoms with Crippen molar-refractivity contribution in [1.82, 2.24) is 4.90 Å². The van der Waals surface area contributed by atoms with Gasteiger partial charge in [-0.3, -0.25) is 4.79 Å². The molecule has 0 aliphatic carbocycles. The van der Waals surface area contributed by atoms with Crippen molar-refractivity contribution in [3.05, 3.63) is 29.3 Å². The first-order valence-corrected chi connectivity index (χ1v) is 7.30. The van der Waals surface area contributed by atoms with E-state index in [0.717, 1.165) is 16.9 Å². The highest BCUT2D eigenvalue weighted by atomic mass is 16.5. The Kier molecular flexibility index (Phi) is 5.78. The van der Waals surface area contributed by atoms with Gasteiger partial charge in [0.2, 0.25) is 0 Å². The number of aliphatic hydroxyl groups is 1. The van der Waals surface area contributed by atoms with Crippen molar-refractivity contribution < 1.29 is 14.6 Å². The van der Waals surface area contributed by atoms with E-state index in [1.54, 1.807) is 20.9 Å². The second-order valence-electron chi connectivity index (χ2n) is 6.55. The molecule has 1 amide bonds. The van der Waals surface area contributed by atoms with Crippen LogP contribution in [0.1, 0.15) is 44.7 Å². The van der Waals surface area contributed by atoms with Crippen LogP contribution in [0.15, 0.2) is 18.2 Å². The number of ether oxygens (including phenoxy) is 1. The lowest BCUT2D eigenvalue weighted by Crippen LogP contribution is -2.41. The lowest BCUT2D eigenvalue weighted by Gasteiger charge is -2.25. The van der Waals surface area contributed by atoms with Crippen molar-refractivity contribution in [2.75, 3.05) is 20.2 Å². The van der Waals surface area contributed by atoms with Crippen LogP contribution in [0, 0.1) is 6.92 Å². The van der Waals surface area contributed by atoms with Crippen molar-refractivity contribution in [2.24, 2.45) is 0 Å². The van der Waals surface area contributed by atoms with Gasteiger partial charge >= 0.3 is 0 Å². The van der Waals surface area contributed by atoms with E-state index in [0.29, 0.717) is 5.92 Å². The molecule has 4 heteroatoms. The molecule has 0 saturated heterocycles. The van der Waals surface area contributed by atoms with Crippen LogP contribution in [0.5, 0.6) is 5.75 Å². The number of nitrogens with zero attached hydrogens (tertiary/aromatic N) is 1. The number of hydrogen-bond acceptors (Lipinski definition) is 3. The Morgan fingerprint density at radius 3 is 2.52 bits per heavy atom. The standard InChI is InChI=1S/C17H27NO3/c1-12(2)14-8-7-13(3)9-15(14)21-10-16(19)18(6)11-17(4,5)20/h7-9,12,20H,10-11H2,1-6H3. The average molecular weight is 293 g/mol. The summed E-state index contributed by atoms with van der Waals surface area (Å²) in [6.45, 7) is 9.80. The molecule has 0 aliphatic rings. The summed E-state index contributed by atoms with van der Waals surface area (Å²) in [5.74, 6) is 0.952. The van der Waals surface area contributed by atoms with E-state index in [2.05, 4.69) is 13.8 Å². The van der Waals surface area contributed by atoms with Gasteiger partial charge in [-0.25, -0.2) is 0 Å². The van der Waals surface area contributed by atoms with Gasteiger partial charge in [-0.2, -0.15) is 0 Å². The van der Waals surface area contributed by atoms with E-state index in [-0.39, 0.29) is 19.1 Å². The fourth-order valence-electron chi connectivity index (χ4n) is 2.16. The summed E-state index contributed by atoms with van der Waals surface area (Å²) in [4.78, 5) is 13.5. The summed E-state index contributed by atoms with van der Waals surface area (Å²) in [5.41, 5.74) is 1.29. The van der Waals surface area contributed by atoms with Gasteiger partial charge < -0.3 is 14.7 Å². The fraction of sp³-hybridized carbons (Fsp3) is 0.588. The quantitative estimate of drug-likeness (QED) is 0.877. The number of benzene rings is 1. The Bertz CT molecular complexity index is 489. The molecule has 0 unspecified atom stereocenters. The smallest absolute Gasteiger partial charge is 0.260 e. The Balaban J connectivity index is 2.71. The number of likely N-dealkylation sites (N-methyl/N-ethyl adjacent to an activating group) is 1. The van der Waals surface area contributed by atoms with Crippen LogP contribution in [-0.2, 0) is 4.79 Å². The summed E-state index contributed by atoms with van der Waals surface area (Å²) in [5, 5.41) is 9.74. The zero-order valence-corrected chi connectivity index (χ0v) is 13.9. The highest BCUT2D eigenvalue weighted by Gasteiger charge is 2.20. The second-order valence-corrected chi connectivity index (χ2v) is 6.55. The van der Waals surface area contributed by atoms with Crippen molar-refractivity contribution in [3.63, 3.8) is 0 Å². The molecule has 0 bridgehead atoms. The number of rotatable bonds is 6. The van der Waals surface area contributed by atoms with Gasteiger partial charge in [0.25, 0.3) is 5.91 Å². The molecule has 0 saturated carbocycles. The molecule has 0 heterocycles. The van der Waals surface area contributed by atoms with Crippen LogP contribution in [0.2, 0.25) is 0 Å². The van der Waals surface area contributed by atoms with Gasteiger partial charge in [0.1, 0.15) is 5.75 Å². The monoisotopic (exact) mass is 293 g/mol.